The number of sulfonamides is 1. The fourth-order valence-corrected chi connectivity index (χ4v) is 3.40. The van der Waals surface area contributed by atoms with Crippen LogP contribution in [0.5, 0.6) is 0 Å². The van der Waals surface area contributed by atoms with Gasteiger partial charge in [0.25, 0.3) is 0 Å². The Morgan fingerprint density at radius 3 is 2.65 bits per heavy atom. The molecule has 0 bridgehead atoms. The number of benzene rings is 1. The lowest BCUT2D eigenvalue weighted by molar-refractivity contribution is -0.138. The van der Waals surface area contributed by atoms with Crippen molar-refractivity contribution in [2.75, 3.05) is 6.54 Å². The van der Waals surface area contributed by atoms with Gasteiger partial charge in [-0.2, -0.15) is 0 Å². The first-order valence-electron chi connectivity index (χ1n) is 6.24. The molecule has 5 nitrogen and oxygen atoms in total. The molecule has 0 aliphatic rings. The van der Waals surface area contributed by atoms with Crippen molar-refractivity contribution in [2.24, 2.45) is 5.92 Å². The molecule has 0 fully saturated rings. The molecule has 0 saturated heterocycles. The van der Waals surface area contributed by atoms with Crippen molar-refractivity contribution in [1.82, 2.24) is 4.72 Å². The van der Waals surface area contributed by atoms with E-state index < -0.39 is 16.0 Å². The Balaban J connectivity index is 2.85. The number of halogens is 1. The monoisotopic (exact) mass is 319 g/mol. The van der Waals surface area contributed by atoms with E-state index in [4.69, 9.17) is 16.7 Å². The minimum atomic E-state index is -3.68. The van der Waals surface area contributed by atoms with Crippen LogP contribution in [0.1, 0.15) is 25.3 Å². The molecule has 20 heavy (non-hydrogen) atoms. The maximum absolute atomic E-state index is 12.2. The van der Waals surface area contributed by atoms with Crippen LogP contribution in [0, 0.1) is 12.8 Å². The van der Waals surface area contributed by atoms with Crippen LogP contribution < -0.4 is 4.72 Å². The van der Waals surface area contributed by atoms with Crippen LogP contribution in [0.3, 0.4) is 0 Å². The van der Waals surface area contributed by atoms with Crippen molar-refractivity contribution < 1.29 is 18.3 Å². The largest absolute Gasteiger partial charge is 0.481 e. The van der Waals surface area contributed by atoms with E-state index in [2.05, 4.69) is 4.72 Å². The molecule has 0 aliphatic heterocycles. The summed E-state index contributed by atoms with van der Waals surface area (Å²) in [5, 5.41) is 9.13. The van der Waals surface area contributed by atoms with E-state index in [0.29, 0.717) is 17.0 Å². The SMILES string of the molecule is CCC(CNS(=O)(=O)c1cccc(Cl)c1C)CC(=O)O. The third-order valence-corrected chi connectivity index (χ3v) is 5.09. The number of aliphatic carboxylic acids is 1. The normalized spacial score (nSPS) is 13.2. The topological polar surface area (TPSA) is 83.5 Å². The Morgan fingerprint density at radius 2 is 2.10 bits per heavy atom. The number of carbonyl (C=O) groups is 1. The third-order valence-electron chi connectivity index (χ3n) is 3.11. The smallest absolute Gasteiger partial charge is 0.303 e. The number of carboxylic acids is 1. The van der Waals surface area contributed by atoms with Gasteiger partial charge in [0.1, 0.15) is 0 Å². The maximum atomic E-state index is 12.2. The molecule has 1 aromatic carbocycles. The zero-order valence-electron chi connectivity index (χ0n) is 11.4. The van der Waals surface area contributed by atoms with Gasteiger partial charge in [-0.3, -0.25) is 4.79 Å². The van der Waals surface area contributed by atoms with Crippen molar-refractivity contribution >= 4 is 27.6 Å². The van der Waals surface area contributed by atoms with Crippen molar-refractivity contribution in [2.45, 2.75) is 31.6 Å². The summed E-state index contributed by atoms with van der Waals surface area (Å²) >= 11 is 5.91. The minimum Gasteiger partial charge on any atom is -0.481 e. The second-order valence-electron chi connectivity index (χ2n) is 4.59. The highest BCUT2D eigenvalue weighted by atomic mass is 35.5. The second kappa shape index (κ2) is 7.06. The fraction of sp³-hybridized carbons (Fsp3) is 0.462. The van der Waals surface area contributed by atoms with Gasteiger partial charge in [-0.1, -0.05) is 31.0 Å². The van der Waals surface area contributed by atoms with E-state index >= 15 is 0 Å². The molecule has 112 valence electrons. The predicted molar refractivity (Wildman–Crippen MR) is 77.4 cm³/mol. The molecule has 1 unspecified atom stereocenters. The summed E-state index contributed by atoms with van der Waals surface area (Å²) in [5.41, 5.74) is 0.480. The van der Waals surface area contributed by atoms with Crippen molar-refractivity contribution in [1.29, 1.82) is 0 Å². The van der Waals surface area contributed by atoms with Gasteiger partial charge in [-0.15, -0.1) is 0 Å². The maximum Gasteiger partial charge on any atom is 0.303 e. The summed E-state index contributed by atoms with van der Waals surface area (Å²) < 4.78 is 26.8. The molecule has 1 aromatic rings. The molecule has 0 radical (unpaired) electrons. The second-order valence-corrected chi connectivity index (χ2v) is 6.73. The molecule has 0 heterocycles. The van der Waals surface area contributed by atoms with Gasteiger partial charge in [-0.25, -0.2) is 13.1 Å². The van der Waals surface area contributed by atoms with Crippen LogP contribution in [-0.4, -0.2) is 26.0 Å². The molecule has 7 heteroatoms. The first-order valence-corrected chi connectivity index (χ1v) is 8.10. The van der Waals surface area contributed by atoms with E-state index in [1.165, 1.54) is 6.07 Å². The third kappa shape index (κ3) is 4.47. The molecule has 0 spiro atoms. The van der Waals surface area contributed by atoms with Gasteiger partial charge in [0, 0.05) is 18.0 Å². The Hall–Kier alpha value is -1.11. The van der Waals surface area contributed by atoms with E-state index in [1.54, 1.807) is 19.1 Å². The van der Waals surface area contributed by atoms with Gasteiger partial charge in [0.05, 0.1) is 4.90 Å². The molecule has 1 rings (SSSR count). The number of rotatable bonds is 7. The first-order chi connectivity index (χ1) is 9.27. The number of hydrogen-bond donors (Lipinski definition) is 2. The molecular formula is C13H18ClNO4S. The lowest BCUT2D eigenvalue weighted by Gasteiger charge is -2.15. The summed E-state index contributed by atoms with van der Waals surface area (Å²) in [6, 6.07) is 4.66. The summed E-state index contributed by atoms with van der Waals surface area (Å²) in [4.78, 5) is 10.8. The number of carboxylic acid groups (broad SMARTS) is 1. The van der Waals surface area contributed by atoms with E-state index in [0.717, 1.165) is 0 Å². The molecule has 1 atom stereocenters. The van der Waals surface area contributed by atoms with E-state index in [-0.39, 0.29) is 23.8 Å². The highest BCUT2D eigenvalue weighted by Gasteiger charge is 2.20. The highest BCUT2D eigenvalue weighted by molar-refractivity contribution is 7.89. The minimum absolute atomic E-state index is 0.0620. The van der Waals surface area contributed by atoms with Gasteiger partial charge in [0.15, 0.2) is 0 Å². The summed E-state index contributed by atoms with van der Waals surface area (Å²) in [6.07, 6.45) is 0.525. The van der Waals surface area contributed by atoms with E-state index in [1.807, 2.05) is 6.92 Å². The average molecular weight is 320 g/mol. The predicted octanol–water partition coefficient (Wildman–Crippen LogP) is 2.43. The Morgan fingerprint density at radius 1 is 1.45 bits per heavy atom. The van der Waals surface area contributed by atoms with E-state index in [9.17, 15) is 13.2 Å². The van der Waals surface area contributed by atoms with Gasteiger partial charge >= 0.3 is 5.97 Å². The lowest BCUT2D eigenvalue weighted by atomic mass is 10.0. The standard InChI is InChI=1S/C13H18ClNO4S/c1-3-10(7-13(16)17)8-15-20(18,19)12-6-4-5-11(14)9(12)2/h4-6,10,15H,3,7-8H2,1-2H3,(H,16,17). The molecule has 0 aliphatic carbocycles. The van der Waals surface area contributed by atoms with Crippen molar-refractivity contribution in [3.05, 3.63) is 28.8 Å². The van der Waals surface area contributed by atoms with Crippen LogP contribution in [0.2, 0.25) is 5.02 Å². The number of nitrogens with one attached hydrogen (secondary N) is 1. The van der Waals surface area contributed by atoms with Gasteiger partial charge < -0.3 is 5.11 Å². The zero-order chi connectivity index (χ0) is 15.3. The highest BCUT2D eigenvalue weighted by Crippen LogP contribution is 2.22. The van der Waals surface area contributed by atoms with Crippen LogP contribution in [0.15, 0.2) is 23.1 Å². The molecule has 2 N–H and O–H groups in total. The Bertz CT molecular complexity index is 586. The zero-order valence-corrected chi connectivity index (χ0v) is 13.0. The van der Waals surface area contributed by atoms with Crippen LogP contribution in [-0.2, 0) is 14.8 Å². The number of hydrogen-bond acceptors (Lipinski definition) is 3. The molecular weight excluding hydrogens is 302 g/mol. The van der Waals surface area contributed by atoms with Gasteiger partial charge in [0.2, 0.25) is 10.0 Å². The lowest BCUT2D eigenvalue weighted by Crippen LogP contribution is -2.30. The quantitative estimate of drug-likeness (QED) is 0.808. The first kappa shape index (κ1) is 16.9. The van der Waals surface area contributed by atoms with Crippen LogP contribution in [0.4, 0.5) is 0 Å². The van der Waals surface area contributed by atoms with Crippen LogP contribution in [0.25, 0.3) is 0 Å². The summed E-state index contributed by atoms with van der Waals surface area (Å²) in [7, 11) is -3.68. The summed E-state index contributed by atoms with van der Waals surface area (Å²) in [5.74, 6) is -1.17. The Labute approximate surface area is 124 Å². The fourth-order valence-electron chi connectivity index (χ4n) is 1.79. The average Bonchev–Trinajstić information content (AvgIpc) is 2.37. The van der Waals surface area contributed by atoms with Crippen molar-refractivity contribution in [3.8, 4) is 0 Å². The Kier molecular flexibility index (Phi) is 5.98. The van der Waals surface area contributed by atoms with Gasteiger partial charge in [-0.05, 0) is 30.5 Å². The van der Waals surface area contributed by atoms with Crippen molar-refractivity contribution in [3.63, 3.8) is 0 Å². The molecule has 0 aromatic heterocycles. The molecule has 0 amide bonds. The van der Waals surface area contributed by atoms with Crippen LogP contribution >= 0.6 is 11.6 Å². The molecule has 0 saturated carbocycles. The summed E-state index contributed by atoms with van der Waals surface area (Å²) in [6.45, 7) is 3.55.